The van der Waals surface area contributed by atoms with Gasteiger partial charge in [0.2, 0.25) is 0 Å². The molecule has 0 saturated carbocycles. The van der Waals surface area contributed by atoms with E-state index >= 15 is 0 Å². The number of aryl methyl sites for hydroxylation is 1. The molecule has 1 aromatic heterocycles. The van der Waals surface area contributed by atoms with Crippen molar-refractivity contribution in [3.8, 4) is 0 Å². The molecule has 2 rings (SSSR count). The van der Waals surface area contributed by atoms with Crippen LogP contribution in [0.25, 0.3) is 0 Å². The number of hydrogen-bond acceptors (Lipinski definition) is 4. The summed E-state index contributed by atoms with van der Waals surface area (Å²) in [6.07, 6.45) is 3.57. The summed E-state index contributed by atoms with van der Waals surface area (Å²) in [5.41, 5.74) is -0.766. The fourth-order valence-corrected chi connectivity index (χ4v) is 2.12. The predicted molar refractivity (Wildman–Crippen MR) is 66.9 cm³/mol. The first-order valence-electron chi connectivity index (χ1n) is 6.08. The Morgan fingerprint density at radius 3 is 3.00 bits per heavy atom. The Balaban J connectivity index is 1.93. The second-order valence-electron chi connectivity index (χ2n) is 4.95. The van der Waals surface area contributed by atoms with Crippen LogP contribution in [-0.2, 0) is 23.1 Å². The summed E-state index contributed by atoms with van der Waals surface area (Å²) < 4.78 is 7.50. The molecule has 1 unspecified atom stereocenters. The zero-order chi connectivity index (χ0) is 13.2. The van der Waals surface area contributed by atoms with Crippen LogP contribution in [0, 0.1) is 0 Å². The van der Waals surface area contributed by atoms with E-state index in [1.54, 1.807) is 6.20 Å². The van der Waals surface area contributed by atoms with Crippen LogP contribution in [0.2, 0.25) is 0 Å². The molecule has 1 atom stereocenters. The van der Waals surface area contributed by atoms with E-state index in [-0.39, 0.29) is 5.91 Å². The summed E-state index contributed by atoms with van der Waals surface area (Å²) in [6.45, 7) is 4.31. The highest BCUT2D eigenvalue weighted by molar-refractivity contribution is 5.85. The molecule has 6 nitrogen and oxygen atoms in total. The third-order valence-corrected chi connectivity index (χ3v) is 3.27. The minimum Gasteiger partial charge on any atom is -0.363 e. The van der Waals surface area contributed by atoms with Crippen LogP contribution in [0.15, 0.2) is 12.4 Å². The second-order valence-corrected chi connectivity index (χ2v) is 4.95. The average Bonchev–Trinajstić information content (AvgIpc) is 2.71. The Morgan fingerprint density at radius 1 is 1.61 bits per heavy atom. The van der Waals surface area contributed by atoms with Crippen LogP contribution in [-0.4, -0.2) is 52.7 Å². The number of nitrogens with one attached hydrogen (secondary N) is 1. The van der Waals surface area contributed by atoms with Crippen molar-refractivity contribution in [3.63, 3.8) is 0 Å². The number of morpholine rings is 1. The van der Waals surface area contributed by atoms with E-state index in [2.05, 4.69) is 15.2 Å². The van der Waals surface area contributed by atoms with Gasteiger partial charge in [-0.3, -0.25) is 4.79 Å². The zero-order valence-corrected chi connectivity index (χ0v) is 11.1. The van der Waals surface area contributed by atoms with E-state index < -0.39 is 5.60 Å². The number of amides is 1. The van der Waals surface area contributed by atoms with E-state index in [1.165, 1.54) is 0 Å². The van der Waals surface area contributed by atoms with E-state index in [0.717, 1.165) is 12.4 Å². The molecule has 1 amide bonds. The quantitative estimate of drug-likeness (QED) is 0.806. The molecular formula is C12H20N4O2. The highest BCUT2D eigenvalue weighted by Crippen LogP contribution is 2.16. The molecule has 0 aliphatic carbocycles. The highest BCUT2D eigenvalue weighted by Gasteiger charge is 2.38. The standard InChI is InChI=1S/C12H20N4O2/c1-12(9-15(2)6-7-18-12)11(17)14-8-10-13-4-5-16(10)3/h4-5H,6-9H2,1-3H3,(H,14,17). The molecule has 1 aliphatic rings. The minimum atomic E-state index is -0.766. The molecule has 1 aromatic rings. The molecule has 0 spiro atoms. The number of carbonyl (C=O) groups excluding carboxylic acids is 1. The molecule has 1 saturated heterocycles. The molecule has 1 fully saturated rings. The van der Waals surface area contributed by atoms with Gasteiger partial charge in [-0.15, -0.1) is 0 Å². The molecule has 0 bridgehead atoms. The largest absolute Gasteiger partial charge is 0.363 e. The number of carbonyl (C=O) groups is 1. The number of likely N-dealkylation sites (N-methyl/N-ethyl adjacent to an activating group) is 1. The maximum Gasteiger partial charge on any atom is 0.253 e. The number of nitrogens with zero attached hydrogens (tertiary/aromatic N) is 3. The van der Waals surface area contributed by atoms with Gasteiger partial charge in [-0.2, -0.15) is 0 Å². The first-order chi connectivity index (χ1) is 8.51. The fourth-order valence-electron chi connectivity index (χ4n) is 2.12. The molecular weight excluding hydrogens is 232 g/mol. The average molecular weight is 252 g/mol. The molecule has 0 aromatic carbocycles. The molecule has 18 heavy (non-hydrogen) atoms. The lowest BCUT2D eigenvalue weighted by molar-refractivity contribution is -0.155. The van der Waals surface area contributed by atoms with Gasteiger partial charge in [-0.25, -0.2) is 4.98 Å². The Morgan fingerprint density at radius 2 is 2.39 bits per heavy atom. The zero-order valence-electron chi connectivity index (χ0n) is 11.1. The van der Waals surface area contributed by atoms with Crippen LogP contribution >= 0.6 is 0 Å². The molecule has 1 N–H and O–H groups in total. The lowest BCUT2D eigenvalue weighted by Gasteiger charge is -2.37. The predicted octanol–water partition coefficient (Wildman–Crippen LogP) is -0.243. The van der Waals surface area contributed by atoms with Crippen molar-refractivity contribution in [2.24, 2.45) is 7.05 Å². The van der Waals surface area contributed by atoms with Gasteiger partial charge in [0.15, 0.2) is 5.60 Å². The molecule has 100 valence electrons. The van der Waals surface area contributed by atoms with Crippen molar-refractivity contribution in [1.82, 2.24) is 19.8 Å². The maximum atomic E-state index is 12.2. The SMILES string of the molecule is CN1CCOC(C)(C(=O)NCc2nccn2C)C1. The summed E-state index contributed by atoms with van der Waals surface area (Å²) in [5.74, 6) is 0.744. The van der Waals surface area contributed by atoms with Crippen molar-refractivity contribution < 1.29 is 9.53 Å². The van der Waals surface area contributed by atoms with Gasteiger partial charge in [0.1, 0.15) is 5.82 Å². The van der Waals surface area contributed by atoms with Gasteiger partial charge in [-0.1, -0.05) is 0 Å². The summed E-state index contributed by atoms with van der Waals surface area (Å²) in [5, 5.41) is 2.88. The first-order valence-corrected chi connectivity index (χ1v) is 6.08. The summed E-state index contributed by atoms with van der Waals surface area (Å²) in [6, 6.07) is 0. The van der Waals surface area contributed by atoms with Crippen LogP contribution in [0.1, 0.15) is 12.7 Å². The van der Waals surface area contributed by atoms with Crippen molar-refractivity contribution in [1.29, 1.82) is 0 Å². The lowest BCUT2D eigenvalue weighted by atomic mass is 10.0. The molecule has 2 heterocycles. The smallest absolute Gasteiger partial charge is 0.253 e. The number of rotatable bonds is 3. The second kappa shape index (κ2) is 5.07. The maximum absolute atomic E-state index is 12.2. The number of imidazole rings is 1. The van der Waals surface area contributed by atoms with E-state index in [9.17, 15) is 4.79 Å². The molecule has 6 heteroatoms. The summed E-state index contributed by atoms with van der Waals surface area (Å²) in [7, 11) is 3.90. The Labute approximate surface area is 107 Å². The lowest BCUT2D eigenvalue weighted by Crippen LogP contribution is -2.57. The van der Waals surface area contributed by atoms with Crippen LogP contribution in [0.5, 0.6) is 0 Å². The fraction of sp³-hybridized carbons (Fsp3) is 0.667. The first kappa shape index (κ1) is 13.0. The van der Waals surface area contributed by atoms with Crippen molar-refractivity contribution in [2.45, 2.75) is 19.1 Å². The molecule has 1 aliphatic heterocycles. The normalized spacial score (nSPS) is 25.1. The number of ether oxygens (including phenoxy) is 1. The Bertz CT molecular complexity index is 431. The third-order valence-electron chi connectivity index (χ3n) is 3.27. The minimum absolute atomic E-state index is 0.0861. The monoisotopic (exact) mass is 252 g/mol. The van der Waals surface area contributed by atoms with Gasteiger partial charge in [-0.05, 0) is 14.0 Å². The van der Waals surface area contributed by atoms with Gasteiger partial charge in [0.05, 0.1) is 13.2 Å². The third kappa shape index (κ3) is 2.70. The van der Waals surface area contributed by atoms with Crippen molar-refractivity contribution >= 4 is 5.91 Å². The van der Waals surface area contributed by atoms with E-state index in [4.69, 9.17) is 4.74 Å². The van der Waals surface area contributed by atoms with Crippen molar-refractivity contribution in [2.75, 3.05) is 26.7 Å². The highest BCUT2D eigenvalue weighted by atomic mass is 16.5. The number of aromatic nitrogens is 2. The van der Waals surface area contributed by atoms with Gasteiger partial charge < -0.3 is 19.5 Å². The molecule has 0 radical (unpaired) electrons. The summed E-state index contributed by atoms with van der Waals surface area (Å²) in [4.78, 5) is 18.4. The van der Waals surface area contributed by atoms with Crippen LogP contribution < -0.4 is 5.32 Å². The van der Waals surface area contributed by atoms with E-state index in [0.29, 0.717) is 19.7 Å². The number of hydrogen-bond donors (Lipinski definition) is 1. The van der Waals surface area contributed by atoms with Gasteiger partial charge in [0, 0.05) is 32.5 Å². The van der Waals surface area contributed by atoms with Gasteiger partial charge in [0.25, 0.3) is 5.91 Å². The Kier molecular flexibility index (Phi) is 3.68. The van der Waals surface area contributed by atoms with Gasteiger partial charge >= 0.3 is 0 Å². The Hall–Kier alpha value is -1.40. The summed E-state index contributed by atoms with van der Waals surface area (Å²) >= 11 is 0. The van der Waals surface area contributed by atoms with Crippen LogP contribution in [0.4, 0.5) is 0 Å². The topological polar surface area (TPSA) is 59.4 Å². The van der Waals surface area contributed by atoms with Crippen LogP contribution in [0.3, 0.4) is 0 Å². The van der Waals surface area contributed by atoms with E-state index in [1.807, 2.05) is 31.8 Å². The van der Waals surface area contributed by atoms with Crippen molar-refractivity contribution in [3.05, 3.63) is 18.2 Å².